The molecule has 0 bridgehead atoms. The molecule has 0 aromatic carbocycles. The quantitative estimate of drug-likeness (QED) is 0.379. The fraction of sp³-hybridized carbons (Fsp3) is 0.750. The van der Waals surface area contributed by atoms with E-state index in [1.54, 1.807) is 12.1 Å². The van der Waals surface area contributed by atoms with Crippen molar-refractivity contribution in [3.8, 4) is 12.1 Å². The van der Waals surface area contributed by atoms with E-state index < -0.39 is 11.2 Å². The van der Waals surface area contributed by atoms with Crippen LogP contribution >= 0.6 is 0 Å². The van der Waals surface area contributed by atoms with Gasteiger partial charge in [-0.05, 0) is 37.8 Å². The van der Waals surface area contributed by atoms with Crippen molar-refractivity contribution in [3.05, 3.63) is 0 Å². The standard InChI is InChI=1S/C8H12N2O4/c1-7(2,5-9)11-13-14-12-8(3,4)6-10/h1-4H3. The second-order valence-electron chi connectivity index (χ2n) is 3.55. The molecule has 0 saturated heterocycles. The van der Waals surface area contributed by atoms with E-state index in [-0.39, 0.29) is 0 Å². The number of nitrogens with zero attached hydrogens (tertiary/aromatic N) is 2. The first-order valence-corrected chi connectivity index (χ1v) is 3.86. The van der Waals surface area contributed by atoms with E-state index in [1.165, 1.54) is 27.7 Å². The first-order chi connectivity index (χ1) is 6.33. The van der Waals surface area contributed by atoms with Gasteiger partial charge in [0, 0.05) is 0 Å². The Morgan fingerprint density at radius 3 is 1.29 bits per heavy atom. The molecule has 6 heteroatoms. The Hall–Kier alpha value is -1.18. The van der Waals surface area contributed by atoms with Crippen molar-refractivity contribution in [1.82, 2.24) is 0 Å². The molecule has 0 fully saturated rings. The van der Waals surface area contributed by atoms with Crippen molar-refractivity contribution >= 4 is 0 Å². The molecule has 0 aliphatic heterocycles. The van der Waals surface area contributed by atoms with Crippen LogP contribution in [-0.2, 0) is 19.9 Å². The Morgan fingerprint density at radius 1 is 0.786 bits per heavy atom. The number of hydrogen-bond acceptors (Lipinski definition) is 6. The number of nitriles is 2. The summed E-state index contributed by atoms with van der Waals surface area (Å²) in [5, 5.41) is 25.3. The van der Waals surface area contributed by atoms with Gasteiger partial charge in [0.15, 0.2) is 11.2 Å². The summed E-state index contributed by atoms with van der Waals surface area (Å²) in [6.45, 7) is 5.91. The molecule has 0 atom stereocenters. The zero-order valence-corrected chi connectivity index (χ0v) is 8.53. The third-order valence-electron chi connectivity index (χ3n) is 1.05. The summed E-state index contributed by atoms with van der Waals surface area (Å²) in [5.41, 5.74) is -2.28. The summed E-state index contributed by atoms with van der Waals surface area (Å²) in [6, 6.07) is 3.61. The van der Waals surface area contributed by atoms with Gasteiger partial charge in [0.05, 0.1) is 0 Å². The molecule has 14 heavy (non-hydrogen) atoms. The Morgan fingerprint density at radius 2 is 1.07 bits per heavy atom. The molecule has 0 aliphatic rings. The molecule has 0 heterocycles. The normalized spacial score (nSPS) is 11.9. The van der Waals surface area contributed by atoms with Crippen LogP contribution in [-0.4, -0.2) is 11.2 Å². The Balaban J connectivity index is 3.70. The van der Waals surface area contributed by atoms with E-state index in [1.807, 2.05) is 0 Å². The van der Waals surface area contributed by atoms with Crippen LogP contribution in [0.2, 0.25) is 0 Å². The summed E-state index contributed by atoms with van der Waals surface area (Å²) < 4.78 is 0. The highest BCUT2D eigenvalue weighted by Crippen LogP contribution is 2.11. The van der Waals surface area contributed by atoms with Crippen LogP contribution in [0.5, 0.6) is 0 Å². The second kappa shape index (κ2) is 4.89. The van der Waals surface area contributed by atoms with Gasteiger partial charge >= 0.3 is 0 Å². The first-order valence-electron chi connectivity index (χ1n) is 3.86. The van der Waals surface area contributed by atoms with Crippen molar-refractivity contribution in [2.45, 2.75) is 38.9 Å². The predicted octanol–water partition coefficient (Wildman–Crippen LogP) is 1.40. The molecule has 6 nitrogen and oxygen atoms in total. The van der Waals surface area contributed by atoms with Gasteiger partial charge in [-0.25, -0.2) is 0 Å². The smallest absolute Gasteiger partial charge is 0.186 e. The second-order valence-corrected chi connectivity index (χ2v) is 3.55. The molecule has 0 aromatic heterocycles. The van der Waals surface area contributed by atoms with Gasteiger partial charge in [-0.1, -0.05) is 0 Å². The van der Waals surface area contributed by atoms with Gasteiger partial charge in [-0.2, -0.15) is 20.3 Å². The highest BCUT2D eigenvalue weighted by atomic mass is 17.7. The highest BCUT2D eigenvalue weighted by Gasteiger charge is 2.22. The fourth-order valence-corrected chi connectivity index (χ4v) is 0.235. The monoisotopic (exact) mass is 200 g/mol. The van der Waals surface area contributed by atoms with Crippen LogP contribution in [0.4, 0.5) is 0 Å². The summed E-state index contributed by atoms with van der Waals surface area (Å²) in [7, 11) is 0. The topological polar surface area (TPSA) is 84.5 Å². The molecule has 0 rings (SSSR count). The summed E-state index contributed by atoms with van der Waals surface area (Å²) in [5.74, 6) is 0. The molecule has 78 valence electrons. The van der Waals surface area contributed by atoms with E-state index in [0.717, 1.165) is 0 Å². The summed E-state index contributed by atoms with van der Waals surface area (Å²) in [6.07, 6.45) is 0. The zero-order chi connectivity index (χ0) is 11.2. The third kappa shape index (κ3) is 5.46. The van der Waals surface area contributed by atoms with Crippen LogP contribution in [0.3, 0.4) is 0 Å². The lowest BCUT2D eigenvalue weighted by Crippen LogP contribution is -2.25. The zero-order valence-electron chi connectivity index (χ0n) is 8.53. The Kier molecular flexibility index (Phi) is 4.48. The Labute approximate surface area is 82.3 Å². The maximum atomic E-state index is 8.50. The lowest BCUT2D eigenvalue weighted by atomic mass is 10.2. The molecular formula is C8H12N2O4. The van der Waals surface area contributed by atoms with E-state index in [0.29, 0.717) is 0 Å². The lowest BCUT2D eigenvalue weighted by molar-refractivity contribution is -0.657. The maximum Gasteiger partial charge on any atom is 0.186 e. The molecule has 0 saturated carbocycles. The maximum absolute atomic E-state index is 8.50. The van der Waals surface area contributed by atoms with Crippen LogP contribution in [0, 0.1) is 22.7 Å². The minimum absolute atomic E-state index is 1.14. The van der Waals surface area contributed by atoms with Crippen molar-refractivity contribution in [2.24, 2.45) is 0 Å². The third-order valence-corrected chi connectivity index (χ3v) is 1.05. The van der Waals surface area contributed by atoms with Crippen LogP contribution < -0.4 is 0 Å². The average Bonchev–Trinajstić information content (AvgIpc) is 2.13. The summed E-state index contributed by atoms with van der Waals surface area (Å²) in [4.78, 5) is 9.00. The molecule has 0 radical (unpaired) electrons. The minimum Gasteiger partial charge on any atom is -0.195 e. The van der Waals surface area contributed by atoms with Gasteiger partial charge in [0.1, 0.15) is 12.1 Å². The molecule has 0 aromatic rings. The van der Waals surface area contributed by atoms with Crippen molar-refractivity contribution in [3.63, 3.8) is 0 Å². The van der Waals surface area contributed by atoms with Gasteiger partial charge in [-0.3, -0.25) is 0 Å². The molecule has 0 unspecified atom stereocenters. The predicted molar refractivity (Wildman–Crippen MR) is 43.7 cm³/mol. The van der Waals surface area contributed by atoms with Gasteiger partial charge in [0.25, 0.3) is 0 Å². The molecule has 0 aliphatic carbocycles. The minimum atomic E-state index is -1.14. The van der Waals surface area contributed by atoms with Gasteiger partial charge in [-0.15, -0.1) is 0 Å². The van der Waals surface area contributed by atoms with E-state index in [9.17, 15) is 0 Å². The molecule has 0 N–H and O–H groups in total. The van der Waals surface area contributed by atoms with Crippen molar-refractivity contribution in [2.75, 3.05) is 0 Å². The Bertz CT molecular complexity index is 233. The SMILES string of the molecule is CC(C)(C#N)OOOOC(C)(C)C#N. The van der Waals surface area contributed by atoms with E-state index in [4.69, 9.17) is 10.5 Å². The molecule has 0 spiro atoms. The van der Waals surface area contributed by atoms with Crippen molar-refractivity contribution in [1.29, 1.82) is 10.5 Å². The number of hydrogen-bond donors (Lipinski definition) is 0. The average molecular weight is 200 g/mol. The van der Waals surface area contributed by atoms with Crippen LogP contribution in [0.15, 0.2) is 0 Å². The first kappa shape index (κ1) is 12.8. The fourth-order valence-electron chi connectivity index (χ4n) is 0.235. The number of rotatable bonds is 5. The van der Waals surface area contributed by atoms with Crippen LogP contribution in [0.1, 0.15) is 27.7 Å². The summed E-state index contributed by atoms with van der Waals surface area (Å²) >= 11 is 0. The molecular weight excluding hydrogens is 188 g/mol. The van der Waals surface area contributed by atoms with Gasteiger partial charge in [0.2, 0.25) is 0 Å². The van der Waals surface area contributed by atoms with E-state index >= 15 is 0 Å². The van der Waals surface area contributed by atoms with Crippen molar-refractivity contribution < 1.29 is 19.9 Å². The lowest BCUT2D eigenvalue weighted by Gasteiger charge is -2.15. The molecule has 0 amide bonds. The van der Waals surface area contributed by atoms with Crippen LogP contribution in [0.25, 0.3) is 0 Å². The largest absolute Gasteiger partial charge is 0.195 e. The highest BCUT2D eigenvalue weighted by molar-refractivity contribution is 4.93. The van der Waals surface area contributed by atoms with Gasteiger partial charge < -0.3 is 0 Å². The van der Waals surface area contributed by atoms with E-state index in [2.05, 4.69) is 19.9 Å².